The smallest absolute Gasteiger partial charge is 0.320 e. The van der Waals surface area contributed by atoms with Crippen molar-refractivity contribution in [3.8, 4) is 17.3 Å². The number of carbonyl (C=O) groups is 1. The van der Waals surface area contributed by atoms with E-state index >= 15 is 0 Å². The molecule has 172 valence electrons. The lowest BCUT2D eigenvalue weighted by Crippen LogP contribution is -2.44. The maximum Gasteiger partial charge on any atom is 0.320 e. The van der Waals surface area contributed by atoms with E-state index in [4.69, 9.17) is 5.26 Å². The first kappa shape index (κ1) is 22.9. The van der Waals surface area contributed by atoms with Crippen LogP contribution in [0.4, 0.5) is 10.6 Å². The second kappa shape index (κ2) is 9.31. The van der Waals surface area contributed by atoms with Gasteiger partial charge in [-0.15, -0.1) is 0 Å². The highest BCUT2D eigenvalue weighted by atomic mass is 16.3. The summed E-state index contributed by atoms with van der Waals surface area (Å²) in [5, 5.41) is 42.9. The zero-order chi connectivity index (χ0) is 24.3. The number of hydrogen-bond acceptors (Lipinski definition) is 6. The van der Waals surface area contributed by atoms with Gasteiger partial charge in [-0.1, -0.05) is 42.5 Å². The monoisotopic (exact) mass is 456 g/mol. The second-order valence-electron chi connectivity index (χ2n) is 8.39. The number of nitriles is 1. The summed E-state index contributed by atoms with van der Waals surface area (Å²) < 4.78 is 0. The topological polar surface area (TPSA) is 147 Å². The fourth-order valence-corrected chi connectivity index (χ4v) is 3.81. The predicted octanol–water partition coefficient (Wildman–Crippen LogP) is 3.62. The van der Waals surface area contributed by atoms with Crippen LogP contribution in [0.25, 0.3) is 22.2 Å². The molecule has 5 N–H and O–H groups in total. The third kappa shape index (κ3) is 4.73. The third-order valence-corrected chi connectivity index (χ3v) is 5.41. The summed E-state index contributed by atoms with van der Waals surface area (Å²) in [6.45, 7) is 2.87. The van der Waals surface area contributed by atoms with Crippen molar-refractivity contribution in [2.45, 2.75) is 32.1 Å². The normalized spacial score (nSPS) is 12.2. The van der Waals surface area contributed by atoms with Crippen molar-refractivity contribution >= 4 is 22.8 Å². The maximum atomic E-state index is 12.8. The molecule has 9 heteroatoms. The summed E-state index contributed by atoms with van der Waals surface area (Å²) in [4.78, 5) is 17.2. The summed E-state index contributed by atoms with van der Waals surface area (Å²) in [6.07, 6.45) is 0. The van der Waals surface area contributed by atoms with Gasteiger partial charge >= 0.3 is 6.03 Å². The van der Waals surface area contributed by atoms with E-state index in [2.05, 4.69) is 31.9 Å². The van der Waals surface area contributed by atoms with E-state index in [0.717, 1.165) is 11.1 Å². The number of nitrogens with zero attached hydrogens (tertiary/aromatic N) is 3. The molecule has 2 amide bonds. The first-order valence-electron chi connectivity index (χ1n) is 10.6. The zero-order valence-corrected chi connectivity index (χ0v) is 18.7. The molecule has 1 unspecified atom stereocenters. The van der Waals surface area contributed by atoms with Gasteiger partial charge in [-0.05, 0) is 31.5 Å². The van der Waals surface area contributed by atoms with E-state index in [1.54, 1.807) is 44.2 Å². The molecule has 4 aromatic rings. The van der Waals surface area contributed by atoms with Gasteiger partial charge in [0, 0.05) is 11.6 Å². The van der Waals surface area contributed by atoms with Gasteiger partial charge in [-0.3, -0.25) is 10.4 Å². The average molecular weight is 457 g/mol. The number of hydrogen-bond donors (Lipinski definition) is 5. The summed E-state index contributed by atoms with van der Waals surface area (Å²) in [5.74, 6) is 0.214. The lowest BCUT2D eigenvalue weighted by Gasteiger charge is -2.30. The number of anilines is 1. The van der Waals surface area contributed by atoms with Crippen molar-refractivity contribution in [1.82, 2.24) is 20.5 Å². The maximum absolute atomic E-state index is 12.8. The molecule has 0 aliphatic rings. The average Bonchev–Trinajstić information content (AvgIpc) is 3.26. The summed E-state index contributed by atoms with van der Waals surface area (Å²) >= 11 is 0. The molecule has 4 rings (SSSR count). The summed E-state index contributed by atoms with van der Waals surface area (Å²) in [5.41, 5.74) is 2.32. The van der Waals surface area contributed by atoms with Crippen LogP contribution in [0.1, 0.15) is 36.7 Å². The van der Waals surface area contributed by atoms with Gasteiger partial charge in [0.25, 0.3) is 0 Å². The molecule has 0 spiro atoms. The van der Waals surface area contributed by atoms with Crippen molar-refractivity contribution in [3.63, 3.8) is 0 Å². The first-order chi connectivity index (χ1) is 16.3. The van der Waals surface area contributed by atoms with Crippen LogP contribution in [-0.2, 0) is 6.61 Å². The van der Waals surface area contributed by atoms with E-state index < -0.39 is 17.7 Å². The molecule has 0 radical (unpaired) electrons. The van der Waals surface area contributed by atoms with Gasteiger partial charge in [0.15, 0.2) is 0 Å². The highest BCUT2D eigenvalue weighted by Gasteiger charge is 2.30. The zero-order valence-electron chi connectivity index (χ0n) is 18.7. The number of rotatable bonds is 6. The van der Waals surface area contributed by atoms with Crippen LogP contribution in [0.3, 0.4) is 0 Å². The molecule has 0 aliphatic heterocycles. The Kier molecular flexibility index (Phi) is 6.27. The fourth-order valence-electron chi connectivity index (χ4n) is 3.81. The number of fused-ring (bicyclic) bond motifs is 1. The molecule has 2 aromatic carbocycles. The van der Waals surface area contributed by atoms with E-state index in [0.29, 0.717) is 27.9 Å². The quantitative estimate of drug-likeness (QED) is 0.299. The van der Waals surface area contributed by atoms with E-state index in [-0.39, 0.29) is 12.4 Å². The van der Waals surface area contributed by atoms with Crippen molar-refractivity contribution in [1.29, 1.82) is 5.26 Å². The number of H-pyrrole nitrogens is 1. The number of carbonyl (C=O) groups excluding carboxylic acids is 1. The number of benzene rings is 2. The minimum absolute atomic E-state index is 0.214. The Hall–Kier alpha value is -4.26. The number of amides is 2. The number of aliphatic hydroxyl groups excluding tert-OH is 1. The molecule has 2 aromatic heterocycles. The minimum atomic E-state index is -1.22. The number of nitrogens with one attached hydrogen (secondary N) is 3. The van der Waals surface area contributed by atoms with Crippen LogP contribution < -0.4 is 10.6 Å². The van der Waals surface area contributed by atoms with E-state index in [1.807, 2.05) is 30.3 Å². The molecule has 0 aliphatic carbocycles. The lowest BCUT2D eigenvalue weighted by molar-refractivity contribution is 0.0415. The van der Waals surface area contributed by atoms with Crippen LogP contribution in [0.15, 0.2) is 60.7 Å². The number of urea groups is 1. The molecular formula is C25H24N6O3. The van der Waals surface area contributed by atoms with Crippen molar-refractivity contribution < 1.29 is 15.0 Å². The van der Waals surface area contributed by atoms with Crippen molar-refractivity contribution in [3.05, 3.63) is 77.5 Å². The lowest BCUT2D eigenvalue weighted by atomic mass is 9.92. The molecule has 1 atom stereocenters. The SMILES string of the molecule is CC(C)(O)C(NC(=O)Nc1cc2[nH]nc(-c3ccc(C#N)cc3)c2c(CO)n1)c1ccccc1. The summed E-state index contributed by atoms with van der Waals surface area (Å²) in [6, 6.07) is 18.6. The Labute approximate surface area is 196 Å². The van der Waals surface area contributed by atoms with Crippen LogP contribution in [0.5, 0.6) is 0 Å². The predicted molar refractivity (Wildman–Crippen MR) is 128 cm³/mol. The Morgan fingerprint density at radius 2 is 1.88 bits per heavy atom. The first-order valence-corrected chi connectivity index (χ1v) is 10.6. The Bertz CT molecular complexity index is 1350. The molecule has 0 fully saturated rings. The Morgan fingerprint density at radius 1 is 1.18 bits per heavy atom. The van der Waals surface area contributed by atoms with Crippen LogP contribution in [0, 0.1) is 11.3 Å². The van der Waals surface area contributed by atoms with Crippen molar-refractivity contribution in [2.75, 3.05) is 5.32 Å². The van der Waals surface area contributed by atoms with E-state index in [1.165, 1.54) is 0 Å². The van der Waals surface area contributed by atoms with Gasteiger partial charge in [0.05, 0.1) is 46.5 Å². The fraction of sp³-hybridized carbons (Fsp3) is 0.200. The third-order valence-electron chi connectivity index (χ3n) is 5.41. The standard InChI is InChI=1S/C25H24N6O3/c1-25(2,34)23(17-6-4-3-5-7-17)29-24(33)28-20-12-18-21(19(14-32)27-20)22(31-30-18)16-10-8-15(13-26)9-11-16/h3-12,23,32,34H,14H2,1-2H3,(H,30,31)(H2,27,28,29,33). The van der Waals surface area contributed by atoms with Gasteiger partial charge in [0.1, 0.15) is 11.5 Å². The van der Waals surface area contributed by atoms with Crippen LogP contribution in [-0.4, -0.2) is 37.0 Å². The Morgan fingerprint density at radius 3 is 2.50 bits per heavy atom. The Balaban J connectivity index is 1.61. The number of pyridine rings is 1. The molecule has 9 nitrogen and oxygen atoms in total. The van der Waals surface area contributed by atoms with Gasteiger partial charge < -0.3 is 15.5 Å². The molecule has 2 heterocycles. The molecule has 34 heavy (non-hydrogen) atoms. The van der Waals surface area contributed by atoms with E-state index in [9.17, 15) is 15.0 Å². The van der Waals surface area contributed by atoms with Crippen LogP contribution in [0.2, 0.25) is 0 Å². The van der Waals surface area contributed by atoms with Gasteiger partial charge in [-0.25, -0.2) is 9.78 Å². The second-order valence-corrected chi connectivity index (χ2v) is 8.39. The van der Waals surface area contributed by atoms with Crippen molar-refractivity contribution in [2.24, 2.45) is 0 Å². The molecule has 0 saturated carbocycles. The minimum Gasteiger partial charge on any atom is -0.390 e. The largest absolute Gasteiger partial charge is 0.390 e. The molecule has 0 bridgehead atoms. The highest BCUT2D eigenvalue weighted by Crippen LogP contribution is 2.30. The summed E-state index contributed by atoms with van der Waals surface area (Å²) in [7, 11) is 0. The number of aliphatic hydroxyl groups is 2. The number of aromatic nitrogens is 3. The number of aromatic amines is 1. The molecular weight excluding hydrogens is 432 g/mol. The van der Waals surface area contributed by atoms with Gasteiger partial charge in [0.2, 0.25) is 0 Å². The van der Waals surface area contributed by atoms with Gasteiger partial charge in [-0.2, -0.15) is 10.4 Å². The molecule has 0 saturated heterocycles. The highest BCUT2D eigenvalue weighted by molar-refractivity contribution is 5.97. The van der Waals surface area contributed by atoms with Crippen LogP contribution >= 0.6 is 0 Å².